The summed E-state index contributed by atoms with van der Waals surface area (Å²) in [6.07, 6.45) is 4.00. The highest BCUT2D eigenvalue weighted by molar-refractivity contribution is 6.42. The van der Waals surface area contributed by atoms with Crippen LogP contribution in [0.2, 0.25) is 10.0 Å². The monoisotopic (exact) mass is 390 g/mol. The maximum absolute atomic E-state index is 6.39. The van der Waals surface area contributed by atoms with Gasteiger partial charge in [0.1, 0.15) is 0 Å². The Morgan fingerprint density at radius 2 is 2.15 bits per heavy atom. The Labute approximate surface area is 162 Å². The van der Waals surface area contributed by atoms with Crippen molar-refractivity contribution < 1.29 is 4.52 Å². The molecule has 136 valence electrons. The van der Waals surface area contributed by atoms with Crippen molar-refractivity contribution in [2.75, 3.05) is 6.54 Å². The predicted octanol–water partition coefficient (Wildman–Crippen LogP) is 5.33. The zero-order valence-corrected chi connectivity index (χ0v) is 16.2. The molecule has 0 saturated carbocycles. The molecule has 1 aliphatic rings. The van der Waals surface area contributed by atoms with Crippen LogP contribution in [-0.2, 0) is 6.54 Å². The Balaban J connectivity index is 1.65. The molecule has 1 unspecified atom stereocenters. The minimum absolute atomic E-state index is 0.229. The van der Waals surface area contributed by atoms with Gasteiger partial charge in [-0.25, -0.2) is 0 Å². The normalized spacial score (nSPS) is 17.9. The number of H-pyrrole nitrogens is 1. The van der Waals surface area contributed by atoms with Gasteiger partial charge in [0.15, 0.2) is 5.76 Å². The number of benzene rings is 1. The molecule has 0 radical (unpaired) electrons. The van der Waals surface area contributed by atoms with Gasteiger partial charge in [-0.15, -0.1) is 0 Å². The van der Waals surface area contributed by atoms with E-state index in [2.05, 4.69) is 20.3 Å². The van der Waals surface area contributed by atoms with Crippen molar-refractivity contribution in [1.82, 2.24) is 20.3 Å². The number of aromatic amines is 1. The number of aryl methyl sites for hydroxylation is 1. The van der Waals surface area contributed by atoms with Crippen LogP contribution in [0.3, 0.4) is 0 Å². The van der Waals surface area contributed by atoms with Crippen LogP contribution in [0.4, 0.5) is 0 Å². The second-order valence-corrected chi connectivity index (χ2v) is 7.55. The average molecular weight is 391 g/mol. The van der Waals surface area contributed by atoms with Crippen molar-refractivity contribution in [3.05, 3.63) is 57.0 Å². The topological polar surface area (TPSA) is 58.0 Å². The highest BCUT2D eigenvalue weighted by atomic mass is 35.5. The molecule has 1 N–H and O–H groups in total. The standard InChI is InChI=1S/C19H20Cl2N4O/c1-11-12(2)24-26-19(11)14-9-22-23-18(14)16-7-4-8-25(16)10-13-5-3-6-15(20)17(13)21/h3,5-6,9,16H,4,7-8,10H2,1-2H3,(H,22,23). The lowest BCUT2D eigenvalue weighted by Gasteiger charge is -2.25. The van der Waals surface area contributed by atoms with Crippen molar-refractivity contribution >= 4 is 23.2 Å². The van der Waals surface area contributed by atoms with Gasteiger partial charge in [0, 0.05) is 12.1 Å². The molecule has 1 saturated heterocycles. The maximum atomic E-state index is 6.39. The van der Waals surface area contributed by atoms with E-state index in [1.54, 1.807) is 0 Å². The SMILES string of the molecule is Cc1noc(-c2cn[nH]c2C2CCCN2Cc2cccc(Cl)c2Cl)c1C. The van der Waals surface area contributed by atoms with Gasteiger partial charge in [0.05, 0.1) is 39.2 Å². The molecule has 1 fully saturated rings. The van der Waals surface area contributed by atoms with Crippen LogP contribution in [0.25, 0.3) is 11.3 Å². The van der Waals surface area contributed by atoms with E-state index in [1.807, 2.05) is 38.2 Å². The number of likely N-dealkylation sites (tertiary alicyclic amines) is 1. The zero-order valence-electron chi connectivity index (χ0n) is 14.7. The van der Waals surface area contributed by atoms with Gasteiger partial charge in [-0.1, -0.05) is 40.5 Å². The van der Waals surface area contributed by atoms with Gasteiger partial charge in [-0.05, 0) is 44.9 Å². The summed E-state index contributed by atoms with van der Waals surface area (Å²) in [6.45, 7) is 5.72. The van der Waals surface area contributed by atoms with Crippen molar-refractivity contribution in [1.29, 1.82) is 0 Å². The van der Waals surface area contributed by atoms with Crippen molar-refractivity contribution in [3.8, 4) is 11.3 Å². The molecule has 3 aromatic rings. The highest BCUT2D eigenvalue weighted by Crippen LogP contribution is 2.39. The Kier molecular flexibility index (Phi) is 4.78. The maximum Gasteiger partial charge on any atom is 0.173 e. The average Bonchev–Trinajstić information content (AvgIpc) is 3.33. The highest BCUT2D eigenvalue weighted by Gasteiger charge is 2.31. The molecule has 4 rings (SSSR count). The number of rotatable bonds is 4. The number of hydrogen-bond acceptors (Lipinski definition) is 4. The van der Waals surface area contributed by atoms with Gasteiger partial charge in [0.25, 0.3) is 0 Å². The molecule has 0 bridgehead atoms. The fourth-order valence-electron chi connectivity index (χ4n) is 3.63. The summed E-state index contributed by atoms with van der Waals surface area (Å²) in [5.74, 6) is 0.791. The summed E-state index contributed by atoms with van der Waals surface area (Å²) in [6, 6.07) is 6.02. The molecule has 1 aliphatic heterocycles. The smallest absolute Gasteiger partial charge is 0.173 e. The van der Waals surface area contributed by atoms with E-state index >= 15 is 0 Å². The Morgan fingerprint density at radius 1 is 1.31 bits per heavy atom. The summed E-state index contributed by atoms with van der Waals surface area (Å²) >= 11 is 12.6. The first-order valence-electron chi connectivity index (χ1n) is 8.69. The lowest BCUT2D eigenvalue weighted by Crippen LogP contribution is -2.23. The fourth-order valence-corrected chi connectivity index (χ4v) is 4.01. The molecule has 7 heteroatoms. The molecule has 0 amide bonds. The van der Waals surface area contributed by atoms with E-state index < -0.39 is 0 Å². The predicted molar refractivity (Wildman–Crippen MR) is 102 cm³/mol. The first-order valence-corrected chi connectivity index (χ1v) is 9.45. The second-order valence-electron chi connectivity index (χ2n) is 6.76. The minimum Gasteiger partial charge on any atom is -0.356 e. The number of aromatic nitrogens is 3. The molecule has 1 atom stereocenters. The first-order chi connectivity index (χ1) is 12.6. The van der Waals surface area contributed by atoms with Gasteiger partial charge in [-0.2, -0.15) is 5.10 Å². The van der Waals surface area contributed by atoms with E-state index in [1.165, 1.54) is 0 Å². The summed E-state index contributed by atoms with van der Waals surface area (Å²) in [5.41, 5.74) is 5.05. The zero-order chi connectivity index (χ0) is 18.3. The molecule has 3 heterocycles. The van der Waals surface area contributed by atoms with E-state index in [0.29, 0.717) is 10.0 Å². The molecular formula is C19H20Cl2N4O. The van der Waals surface area contributed by atoms with Crippen molar-refractivity contribution in [3.63, 3.8) is 0 Å². The molecule has 5 nitrogen and oxygen atoms in total. The number of halogens is 2. The van der Waals surface area contributed by atoms with E-state index in [4.69, 9.17) is 27.7 Å². The van der Waals surface area contributed by atoms with Gasteiger partial charge in [0.2, 0.25) is 0 Å². The molecule has 26 heavy (non-hydrogen) atoms. The largest absolute Gasteiger partial charge is 0.356 e. The fraction of sp³-hybridized carbons (Fsp3) is 0.368. The third-order valence-electron chi connectivity index (χ3n) is 5.17. The number of nitrogens with one attached hydrogen (secondary N) is 1. The van der Waals surface area contributed by atoms with Crippen LogP contribution >= 0.6 is 23.2 Å². The quantitative estimate of drug-likeness (QED) is 0.654. The summed E-state index contributed by atoms with van der Waals surface area (Å²) < 4.78 is 5.56. The lowest BCUT2D eigenvalue weighted by atomic mass is 10.0. The summed E-state index contributed by atoms with van der Waals surface area (Å²) in [5, 5.41) is 12.8. The Bertz CT molecular complexity index is 934. The van der Waals surface area contributed by atoms with Crippen molar-refractivity contribution in [2.45, 2.75) is 39.3 Å². The van der Waals surface area contributed by atoms with Crippen LogP contribution in [0, 0.1) is 13.8 Å². The lowest BCUT2D eigenvalue weighted by molar-refractivity contribution is 0.244. The van der Waals surface area contributed by atoms with E-state index in [-0.39, 0.29) is 6.04 Å². The molecule has 0 spiro atoms. The van der Waals surface area contributed by atoms with Crippen LogP contribution in [0.1, 0.15) is 41.4 Å². The second kappa shape index (κ2) is 7.06. The van der Waals surface area contributed by atoms with Crippen molar-refractivity contribution in [2.24, 2.45) is 0 Å². The van der Waals surface area contributed by atoms with E-state index in [9.17, 15) is 0 Å². The third-order valence-corrected chi connectivity index (χ3v) is 6.03. The molecular weight excluding hydrogens is 371 g/mol. The Morgan fingerprint density at radius 3 is 2.92 bits per heavy atom. The van der Waals surface area contributed by atoms with Crippen LogP contribution < -0.4 is 0 Å². The first kappa shape index (κ1) is 17.6. The van der Waals surface area contributed by atoms with Gasteiger partial charge in [-0.3, -0.25) is 10.00 Å². The minimum atomic E-state index is 0.229. The molecule has 0 aliphatic carbocycles. The van der Waals surface area contributed by atoms with E-state index in [0.717, 1.165) is 59.8 Å². The van der Waals surface area contributed by atoms with Gasteiger partial charge < -0.3 is 4.52 Å². The number of hydrogen-bond donors (Lipinski definition) is 1. The molecule has 2 aromatic heterocycles. The number of nitrogens with zero attached hydrogens (tertiary/aromatic N) is 3. The molecule has 1 aromatic carbocycles. The van der Waals surface area contributed by atoms with Crippen LogP contribution in [0.5, 0.6) is 0 Å². The van der Waals surface area contributed by atoms with Crippen LogP contribution in [-0.4, -0.2) is 26.8 Å². The third kappa shape index (κ3) is 3.04. The summed E-state index contributed by atoms with van der Waals surface area (Å²) in [4.78, 5) is 2.41. The van der Waals surface area contributed by atoms with Crippen LogP contribution in [0.15, 0.2) is 28.9 Å². The Hall–Kier alpha value is -1.82. The van der Waals surface area contributed by atoms with Gasteiger partial charge >= 0.3 is 0 Å². The summed E-state index contributed by atoms with van der Waals surface area (Å²) in [7, 11) is 0.